The molecule has 1 aromatic carbocycles. The fourth-order valence-corrected chi connectivity index (χ4v) is 3.44. The van der Waals surface area contributed by atoms with Crippen molar-refractivity contribution in [1.29, 1.82) is 0 Å². The minimum atomic E-state index is -0.863. The number of benzene rings is 1. The predicted molar refractivity (Wildman–Crippen MR) is 70.8 cm³/mol. The average Bonchev–Trinajstić information content (AvgIpc) is 2.52. The van der Waals surface area contributed by atoms with Crippen LogP contribution in [0.15, 0.2) is 18.2 Å². The van der Waals surface area contributed by atoms with Crippen LogP contribution in [0.25, 0.3) is 0 Å². The third-order valence-electron chi connectivity index (χ3n) is 3.30. The Kier molecular flexibility index (Phi) is 4.35. The highest BCUT2D eigenvalue weighted by Crippen LogP contribution is 2.24. The van der Waals surface area contributed by atoms with Crippen molar-refractivity contribution in [3.8, 4) is 5.75 Å². The molecule has 3 atom stereocenters. The third-order valence-corrected chi connectivity index (χ3v) is 5.09. The first-order valence-corrected chi connectivity index (χ1v) is 7.44. The lowest BCUT2D eigenvalue weighted by Gasteiger charge is -2.16. The number of nitrogens with one attached hydrogen (secondary N) is 1. The van der Waals surface area contributed by atoms with Crippen LogP contribution in [-0.4, -0.2) is 28.9 Å². The molecule has 18 heavy (non-hydrogen) atoms. The molecule has 1 aromatic rings. The van der Waals surface area contributed by atoms with Gasteiger partial charge in [0.2, 0.25) is 0 Å². The van der Waals surface area contributed by atoms with Crippen LogP contribution in [0, 0.1) is 5.82 Å². The molecule has 0 radical (unpaired) electrons. The molecule has 0 saturated carbocycles. The highest BCUT2D eigenvalue weighted by molar-refractivity contribution is 7.85. The molecule has 0 bridgehead atoms. The van der Waals surface area contributed by atoms with E-state index in [4.69, 9.17) is 4.74 Å². The molecule has 0 aliphatic carbocycles. The number of rotatable bonds is 2. The maximum absolute atomic E-state index is 13.7. The SMILES string of the molecule is COc1ccc(C2CS(=O)C(C)CCN2)cc1F. The van der Waals surface area contributed by atoms with Crippen molar-refractivity contribution in [3.05, 3.63) is 29.6 Å². The van der Waals surface area contributed by atoms with Crippen LogP contribution < -0.4 is 10.1 Å². The first kappa shape index (κ1) is 13.5. The van der Waals surface area contributed by atoms with E-state index in [9.17, 15) is 8.60 Å². The Hall–Kier alpha value is -0.940. The maximum Gasteiger partial charge on any atom is 0.165 e. The van der Waals surface area contributed by atoms with Crippen LogP contribution in [0.2, 0.25) is 0 Å². The summed E-state index contributed by atoms with van der Waals surface area (Å²) in [5.41, 5.74) is 0.829. The van der Waals surface area contributed by atoms with Crippen molar-refractivity contribution in [2.24, 2.45) is 0 Å². The summed E-state index contributed by atoms with van der Waals surface area (Å²) in [5.74, 6) is 0.397. The van der Waals surface area contributed by atoms with Crippen LogP contribution in [0.1, 0.15) is 24.9 Å². The van der Waals surface area contributed by atoms with E-state index in [0.717, 1.165) is 18.5 Å². The topological polar surface area (TPSA) is 38.3 Å². The Morgan fingerprint density at radius 1 is 1.50 bits per heavy atom. The van der Waals surface area contributed by atoms with Crippen molar-refractivity contribution in [2.75, 3.05) is 19.4 Å². The van der Waals surface area contributed by atoms with Gasteiger partial charge in [-0.2, -0.15) is 0 Å². The van der Waals surface area contributed by atoms with Crippen LogP contribution >= 0.6 is 0 Å². The van der Waals surface area contributed by atoms with E-state index in [1.54, 1.807) is 6.07 Å². The van der Waals surface area contributed by atoms with E-state index >= 15 is 0 Å². The fourth-order valence-electron chi connectivity index (χ4n) is 2.09. The van der Waals surface area contributed by atoms with Crippen molar-refractivity contribution < 1.29 is 13.3 Å². The summed E-state index contributed by atoms with van der Waals surface area (Å²) >= 11 is 0. The molecule has 5 heteroatoms. The Balaban J connectivity index is 2.20. The van der Waals surface area contributed by atoms with Crippen LogP contribution in [-0.2, 0) is 10.8 Å². The third kappa shape index (κ3) is 2.90. The van der Waals surface area contributed by atoms with E-state index in [1.165, 1.54) is 13.2 Å². The molecule has 1 aliphatic rings. The highest BCUT2D eigenvalue weighted by atomic mass is 32.2. The van der Waals surface area contributed by atoms with Gasteiger partial charge in [-0.25, -0.2) is 4.39 Å². The van der Waals surface area contributed by atoms with E-state index in [-0.39, 0.29) is 22.9 Å². The van der Waals surface area contributed by atoms with Gasteiger partial charge in [0.15, 0.2) is 11.6 Å². The number of ether oxygens (including phenoxy) is 1. The quantitative estimate of drug-likeness (QED) is 0.894. The van der Waals surface area contributed by atoms with Gasteiger partial charge in [0.1, 0.15) is 0 Å². The van der Waals surface area contributed by atoms with Gasteiger partial charge >= 0.3 is 0 Å². The molecular formula is C13H18FNO2S. The second kappa shape index (κ2) is 5.80. The molecule has 0 spiro atoms. The van der Waals surface area contributed by atoms with Crippen molar-refractivity contribution in [2.45, 2.75) is 24.6 Å². The number of hydrogen-bond acceptors (Lipinski definition) is 3. The molecule has 100 valence electrons. The van der Waals surface area contributed by atoms with E-state index in [1.807, 2.05) is 13.0 Å². The molecule has 1 N–H and O–H groups in total. The summed E-state index contributed by atoms with van der Waals surface area (Å²) in [7, 11) is 0.580. The second-order valence-electron chi connectivity index (χ2n) is 4.55. The summed E-state index contributed by atoms with van der Waals surface area (Å²) in [6.07, 6.45) is 0.891. The summed E-state index contributed by atoms with van der Waals surface area (Å²) in [6, 6.07) is 4.86. The lowest BCUT2D eigenvalue weighted by molar-refractivity contribution is 0.385. The molecular weight excluding hydrogens is 253 g/mol. The Morgan fingerprint density at radius 2 is 2.28 bits per heavy atom. The summed E-state index contributed by atoms with van der Waals surface area (Å²) < 4.78 is 30.5. The zero-order valence-corrected chi connectivity index (χ0v) is 11.4. The van der Waals surface area contributed by atoms with Crippen LogP contribution in [0.5, 0.6) is 5.75 Å². The smallest absolute Gasteiger partial charge is 0.165 e. The standard InChI is InChI=1S/C13H18FNO2S/c1-9-5-6-15-12(8-18(9)16)10-3-4-13(17-2)11(14)7-10/h3-4,7,9,12,15H,5-6,8H2,1-2H3. The van der Waals surface area contributed by atoms with Gasteiger partial charge in [-0.1, -0.05) is 13.0 Å². The van der Waals surface area contributed by atoms with E-state index in [0.29, 0.717) is 5.75 Å². The van der Waals surface area contributed by atoms with Gasteiger partial charge in [-0.05, 0) is 30.7 Å². The van der Waals surface area contributed by atoms with Gasteiger partial charge in [0.25, 0.3) is 0 Å². The first-order valence-electron chi connectivity index (χ1n) is 6.06. The lowest BCUT2D eigenvalue weighted by atomic mass is 10.1. The van der Waals surface area contributed by atoms with Crippen LogP contribution in [0.4, 0.5) is 4.39 Å². The second-order valence-corrected chi connectivity index (χ2v) is 6.45. The summed E-state index contributed by atoms with van der Waals surface area (Å²) in [6.45, 7) is 2.81. The molecule has 1 aliphatic heterocycles. The monoisotopic (exact) mass is 271 g/mol. The Labute approximate surface area is 109 Å². The minimum absolute atomic E-state index is 0.0452. The van der Waals surface area contributed by atoms with E-state index in [2.05, 4.69) is 5.32 Å². The van der Waals surface area contributed by atoms with Gasteiger partial charge in [0, 0.05) is 27.8 Å². The molecule has 0 aromatic heterocycles. The highest BCUT2D eigenvalue weighted by Gasteiger charge is 2.23. The van der Waals surface area contributed by atoms with Crippen molar-refractivity contribution in [1.82, 2.24) is 5.32 Å². The first-order chi connectivity index (χ1) is 8.61. The number of hydrogen-bond donors (Lipinski definition) is 1. The molecule has 0 amide bonds. The zero-order valence-electron chi connectivity index (χ0n) is 10.6. The van der Waals surface area contributed by atoms with Gasteiger partial charge in [-0.3, -0.25) is 4.21 Å². The maximum atomic E-state index is 13.7. The average molecular weight is 271 g/mol. The molecule has 3 unspecified atom stereocenters. The van der Waals surface area contributed by atoms with Gasteiger partial charge in [-0.15, -0.1) is 0 Å². The number of methoxy groups -OCH3 is 1. The normalized spacial score (nSPS) is 28.7. The number of halogens is 1. The minimum Gasteiger partial charge on any atom is -0.494 e. The van der Waals surface area contributed by atoms with Crippen molar-refractivity contribution >= 4 is 10.8 Å². The zero-order chi connectivity index (χ0) is 13.1. The fraction of sp³-hybridized carbons (Fsp3) is 0.538. The van der Waals surface area contributed by atoms with Gasteiger partial charge in [0.05, 0.1) is 7.11 Å². The lowest BCUT2D eigenvalue weighted by Crippen LogP contribution is -2.24. The Bertz CT molecular complexity index is 453. The summed E-state index contributed by atoms with van der Waals surface area (Å²) in [4.78, 5) is 0. The van der Waals surface area contributed by atoms with E-state index < -0.39 is 10.8 Å². The van der Waals surface area contributed by atoms with Gasteiger partial charge < -0.3 is 10.1 Å². The largest absolute Gasteiger partial charge is 0.494 e. The summed E-state index contributed by atoms with van der Waals surface area (Å²) in [5, 5.41) is 3.52. The molecule has 1 heterocycles. The molecule has 1 saturated heterocycles. The molecule has 2 rings (SSSR count). The van der Waals surface area contributed by atoms with Crippen molar-refractivity contribution in [3.63, 3.8) is 0 Å². The predicted octanol–water partition coefficient (Wildman–Crippen LogP) is 2.01. The molecule has 3 nitrogen and oxygen atoms in total. The Morgan fingerprint density at radius 3 is 2.94 bits per heavy atom. The van der Waals surface area contributed by atoms with Crippen LogP contribution in [0.3, 0.4) is 0 Å². The molecule has 1 fully saturated rings.